The highest BCUT2D eigenvalue weighted by molar-refractivity contribution is 8.40. The van der Waals surface area contributed by atoms with Crippen molar-refractivity contribution in [3.8, 4) is 0 Å². The van der Waals surface area contributed by atoms with Crippen molar-refractivity contribution in [2.45, 2.75) is 0 Å². The standard InChI is InChI=1S/C11H8ClNOS2/c1-15-11-13-10(14)9(16-11)6-7-4-2-3-5-8(7)12/h2-6H,1H3/b9-6-. The maximum atomic E-state index is 11.5. The van der Waals surface area contributed by atoms with E-state index in [0.717, 1.165) is 9.94 Å². The Balaban J connectivity index is 2.28. The van der Waals surface area contributed by atoms with Crippen molar-refractivity contribution in [3.05, 3.63) is 39.8 Å². The number of amides is 1. The first-order chi connectivity index (χ1) is 7.70. The van der Waals surface area contributed by atoms with Crippen LogP contribution in [0.2, 0.25) is 5.02 Å². The Morgan fingerprint density at radius 1 is 1.44 bits per heavy atom. The van der Waals surface area contributed by atoms with Crippen LogP contribution in [0.5, 0.6) is 0 Å². The van der Waals surface area contributed by atoms with Crippen LogP contribution in [0.15, 0.2) is 34.2 Å². The molecule has 0 fully saturated rings. The molecule has 1 amide bonds. The van der Waals surface area contributed by atoms with E-state index >= 15 is 0 Å². The van der Waals surface area contributed by atoms with Crippen molar-refractivity contribution >= 4 is 51.5 Å². The third-order valence-electron chi connectivity index (χ3n) is 1.97. The van der Waals surface area contributed by atoms with E-state index in [2.05, 4.69) is 4.99 Å². The van der Waals surface area contributed by atoms with Crippen LogP contribution in [0.25, 0.3) is 6.08 Å². The van der Waals surface area contributed by atoms with Gasteiger partial charge in [0.05, 0.1) is 4.91 Å². The third-order valence-corrected chi connectivity index (χ3v) is 4.28. The molecule has 0 saturated heterocycles. The summed E-state index contributed by atoms with van der Waals surface area (Å²) in [4.78, 5) is 16.1. The number of hydrogen-bond donors (Lipinski definition) is 0. The SMILES string of the molecule is CSC1=NC(=O)/C(=C/c2ccccc2Cl)S1. The highest BCUT2D eigenvalue weighted by Gasteiger charge is 2.21. The van der Waals surface area contributed by atoms with E-state index in [0.29, 0.717) is 9.93 Å². The van der Waals surface area contributed by atoms with Crippen LogP contribution in [0.4, 0.5) is 0 Å². The minimum Gasteiger partial charge on any atom is -0.266 e. The molecule has 0 spiro atoms. The first kappa shape index (κ1) is 11.8. The Labute approximate surface area is 107 Å². The number of rotatable bonds is 1. The van der Waals surface area contributed by atoms with Crippen LogP contribution >= 0.6 is 35.1 Å². The van der Waals surface area contributed by atoms with Crippen molar-refractivity contribution in [3.63, 3.8) is 0 Å². The lowest BCUT2D eigenvalue weighted by molar-refractivity contribution is -0.113. The summed E-state index contributed by atoms with van der Waals surface area (Å²) in [5, 5.41) is 0.640. The third kappa shape index (κ3) is 2.51. The molecule has 0 radical (unpaired) electrons. The molecule has 1 aromatic rings. The van der Waals surface area contributed by atoms with E-state index in [4.69, 9.17) is 11.6 Å². The van der Waals surface area contributed by atoms with Crippen LogP contribution in [-0.2, 0) is 4.79 Å². The molecule has 0 N–H and O–H groups in total. The van der Waals surface area contributed by atoms with E-state index < -0.39 is 0 Å². The molecule has 16 heavy (non-hydrogen) atoms. The highest BCUT2D eigenvalue weighted by atomic mass is 35.5. The molecule has 0 unspecified atom stereocenters. The number of nitrogens with zero attached hydrogens (tertiary/aromatic N) is 1. The Morgan fingerprint density at radius 3 is 2.81 bits per heavy atom. The van der Waals surface area contributed by atoms with Gasteiger partial charge < -0.3 is 0 Å². The van der Waals surface area contributed by atoms with Crippen LogP contribution in [0.3, 0.4) is 0 Å². The summed E-state index contributed by atoms with van der Waals surface area (Å²) in [6.07, 6.45) is 3.68. The quantitative estimate of drug-likeness (QED) is 0.729. The van der Waals surface area contributed by atoms with Gasteiger partial charge in [-0.3, -0.25) is 4.79 Å². The molecule has 0 atom stereocenters. The minimum atomic E-state index is -0.186. The second-order valence-corrected chi connectivity index (χ2v) is 5.51. The van der Waals surface area contributed by atoms with Crippen molar-refractivity contribution in [1.29, 1.82) is 0 Å². The number of aliphatic imine (C=N–C) groups is 1. The van der Waals surface area contributed by atoms with Crippen LogP contribution < -0.4 is 0 Å². The molecule has 0 saturated carbocycles. The minimum absolute atomic E-state index is 0.186. The molecule has 1 heterocycles. The smallest absolute Gasteiger partial charge is 0.266 e. The number of hydrogen-bond acceptors (Lipinski definition) is 3. The zero-order valence-corrected chi connectivity index (χ0v) is 10.8. The fraction of sp³-hybridized carbons (Fsp3) is 0.0909. The van der Waals surface area contributed by atoms with Gasteiger partial charge in [-0.2, -0.15) is 4.99 Å². The molecular weight excluding hydrogens is 262 g/mol. The predicted molar refractivity (Wildman–Crippen MR) is 73.0 cm³/mol. The Kier molecular flexibility index (Phi) is 3.74. The molecule has 1 aliphatic rings. The summed E-state index contributed by atoms with van der Waals surface area (Å²) in [7, 11) is 0. The fourth-order valence-electron chi connectivity index (χ4n) is 1.21. The summed E-state index contributed by atoms with van der Waals surface area (Å²) >= 11 is 8.87. The molecular formula is C11H8ClNOS2. The van der Waals surface area contributed by atoms with Crippen molar-refractivity contribution < 1.29 is 4.79 Å². The lowest BCUT2D eigenvalue weighted by Gasteiger charge is -1.98. The van der Waals surface area contributed by atoms with Gasteiger partial charge in [-0.25, -0.2) is 0 Å². The van der Waals surface area contributed by atoms with E-state index in [1.807, 2.05) is 24.5 Å². The number of halogens is 1. The number of thioether (sulfide) groups is 2. The van der Waals surface area contributed by atoms with Gasteiger partial charge in [-0.05, 0) is 24.0 Å². The molecule has 1 aromatic carbocycles. The van der Waals surface area contributed by atoms with Crippen molar-refractivity contribution in [1.82, 2.24) is 0 Å². The van der Waals surface area contributed by atoms with E-state index in [1.54, 1.807) is 12.1 Å². The lowest BCUT2D eigenvalue weighted by atomic mass is 10.2. The van der Waals surface area contributed by atoms with Gasteiger partial charge in [0.15, 0.2) is 0 Å². The molecule has 1 aliphatic heterocycles. The zero-order chi connectivity index (χ0) is 11.5. The van der Waals surface area contributed by atoms with Crippen molar-refractivity contribution in [2.75, 3.05) is 6.26 Å². The molecule has 0 aliphatic carbocycles. The number of carbonyl (C=O) groups is 1. The second kappa shape index (κ2) is 5.08. The van der Waals surface area contributed by atoms with Gasteiger partial charge in [0.2, 0.25) is 0 Å². The first-order valence-electron chi connectivity index (χ1n) is 4.52. The van der Waals surface area contributed by atoms with Crippen LogP contribution in [-0.4, -0.2) is 16.5 Å². The predicted octanol–water partition coefficient (Wildman–Crippen LogP) is 3.67. The van der Waals surface area contributed by atoms with Gasteiger partial charge in [-0.15, -0.1) is 11.8 Å². The Bertz CT molecular complexity index is 497. The van der Waals surface area contributed by atoms with E-state index in [-0.39, 0.29) is 5.91 Å². The second-order valence-electron chi connectivity index (χ2n) is 3.02. The zero-order valence-electron chi connectivity index (χ0n) is 8.44. The Morgan fingerprint density at radius 2 is 2.19 bits per heavy atom. The monoisotopic (exact) mass is 269 g/mol. The normalized spacial score (nSPS) is 18.0. The number of benzene rings is 1. The number of carbonyl (C=O) groups excluding carboxylic acids is 1. The summed E-state index contributed by atoms with van der Waals surface area (Å²) in [6.45, 7) is 0. The maximum absolute atomic E-state index is 11.5. The first-order valence-corrected chi connectivity index (χ1v) is 6.93. The molecule has 0 aromatic heterocycles. The molecule has 2 rings (SSSR count). The van der Waals surface area contributed by atoms with Gasteiger partial charge in [0.1, 0.15) is 4.38 Å². The molecule has 82 valence electrons. The van der Waals surface area contributed by atoms with E-state index in [9.17, 15) is 4.79 Å². The summed E-state index contributed by atoms with van der Waals surface area (Å²) in [5.74, 6) is -0.186. The maximum Gasteiger partial charge on any atom is 0.285 e. The average Bonchev–Trinajstić information content (AvgIpc) is 2.63. The van der Waals surface area contributed by atoms with Crippen LogP contribution in [0, 0.1) is 0 Å². The van der Waals surface area contributed by atoms with Gasteiger partial charge >= 0.3 is 0 Å². The van der Waals surface area contributed by atoms with Crippen molar-refractivity contribution in [2.24, 2.45) is 4.99 Å². The average molecular weight is 270 g/mol. The van der Waals surface area contributed by atoms with Gasteiger partial charge in [0.25, 0.3) is 5.91 Å². The summed E-state index contributed by atoms with van der Waals surface area (Å²) in [5.41, 5.74) is 0.845. The van der Waals surface area contributed by atoms with E-state index in [1.165, 1.54) is 23.5 Å². The highest BCUT2D eigenvalue weighted by Crippen LogP contribution is 2.33. The van der Waals surface area contributed by atoms with Gasteiger partial charge in [0, 0.05) is 5.02 Å². The molecule has 2 nitrogen and oxygen atoms in total. The summed E-state index contributed by atoms with van der Waals surface area (Å²) < 4.78 is 0.781. The topological polar surface area (TPSA) is 29.4 Å². The largest absolute Gasteiger partial charge is 0.285 e. The van der Waals surface area contributed by atoms with Gasteiger partial charge in [-0.1, -0.05) is 41.6 Å². The molecule has 0 bridgehead atoms. The van der Waals surface area contributed by atoms with Crippen LogP contribution in [0.1, 0.15) is 5.56 Å². The lowest BCUT2D eigenvalue weighted by Crippen LogP contribution is -1.88. The molecule has 5 heteroatoms. The Hall–Kier alpha value is -0.710. The summed E-state index contributed by atoms with van der Waals surface area (Å²) in [6, 6.07) is 7.42. The fourth-order valence-corrected chi connectivity index (χ4v) is 2.81.